The predicted molar refractivity (Wildman–Crippen MR) is 84.7 cm³/mol. The van der Waals surface area contributed by atoms with Gasteiger partial charge in [-0.15, -0.1) is 0 Å². The predicted octanol–water partition coefficient (Wildman–Crippen LogP) is 2.12. The molecule has 0 spiro atoms. The second kappa shape index (κ2) is 7.12. The number of methoxy groups -OCH3 is 1. The van der Waals surface area contributed by atoms with Gasteiger partial charge in [0.2, 0.25) is 0 Å². The standard InChI is InChI=1S/C16H19N3O5/c1-16(2,8-7-12(20)21)18-14(22)13-17-15(24-19-13)10-5-4-6-11(9-10)23-3/h4-6,9H,7-8H2,1-3H3,(H,18,22)(H,20,21). The van der Waals surface area contributed by atoms with Gasteiger partial charge in [0.15, 0.2) is 0 Å². The molecule has 8 nitrogen and oxygen atoms in total. The third-order valence-corrected chi connectivity index (χ3v) is 3.36. The van der Waals surface area contributed by atoms with E-state index in [2.05, 4.69) is 15.5 Å². The summed E-state index contributed by atoms with van der Waals surface area (Å²) in [5, 5.41) is 15.1. The fraction of sp³-hybridized carbons (Fsp3) is 0.375. The van der Waals surface area contributed by atoms with Crippen molar-refractivity contribution in [2.45, 2.75) is 32.2 Å². The summed E-state index contributed by atoms with van der Waals surface area (Å²) in [5.74, 6) is -0.731. The van der Waals surface area contributed by atoms with Crippen LogP contribution in [0.3, 0.4) is 0 Å². The average Bonchev–Trinajstić information content (AvgIpc) is 3.03. The van der Waals surface area contributed by atoms with Gasteiger partial charge in [0, 0.05) is 17.5 Å². The maximum atomic E-state index is 12.2. The summed E-state index contributed by atoms with van der Waals surface area (Å²) in [7, 11) is 1.55. The van der Waals surface area contributed by atoms with Gasteiger partial charge in [-0.1, -0.05) is 11.2 Å². The molecule has 0 radical (unpaired) electrons. The molecule has 0 saturated carbocycles. The molecule has 0 aliphatic heterocycles. The summed E-state index contributed by atoms with van der Waals surface area (Å²) in [6, 6.07) is 7.02. The van der Waals surface area contributed by atoms with Crippen LogP contribution in [0.2, 0.25) is 0 Å². The quantitative estimate of drug-likeness (QED) is 0.797. The minimum atomic E-state index is -0.919. The third-order valence-electron chi connectivity index (χ3n) is 3.36. The zero-order valence-electron chi connectivity index (χ0n) is 13.7. The lowest BCUT2D eigenvalue weighted by Gasteiger charge is -2.24. The normalized spacial score (nSPS) is 11.1. The summed E-state index contributed by atoms with van der Waals surface area (Å²) in [6.07, 6.45) is 0.239. The van der Waals surface area contributed by atoms with Gasteiger partial charge in [0.25, 0.3) is 17.6 Å². The number of ether oxygens (including phenoxy) is 1. The molecule has 2 aromatic rings. The molecule has 0 aliphatic carbocycles. The monoisotopic (exact) mass is 333 g/mol. The molecule has 24 heavy (non-hydrogen) atoms. The van der Waals surface area contributed by atoms with Gasteiger partial charge < -0.3 is 19.7 Å². The highest BCUT2D eigenvalue weighted by Gasteiger charge is 2.25. The first-order valence-corrected chi connectivity index (χ1v) is 7.33. The molecule has 2 rings (SSSR count). The summed E-state index contributed by atoms with van der Waals surface area (Å²) < 4.78 is 10.2. The lowest BCUT2D eigenvalue weighted by Crippen LogP contribution is -2.44. The van der Waals surface area contributed by atoms with Crippen LogP contribution in [0.25, 0.3) is 11.5 Å². The van der Waals surface area contributed by atoms with E-state index in [9.17, 15) is 9.59 Å². The van der Waals surface area contributed by atoms with Crippen LogP contribution in [0.4, 0.5) is 0 Å². The Morgan fingerprint density at radius 2 is 2.12 bits per heavy atom. The highest BCUT2D eigenvalue weighted by Crippen LogP contribution is 2.22. The van der Waals surface area contributed by atoms with Crippen molar-refractivity contribution in [2.24, 2.45) is 0 Å². The lowest BCUT2D eigenvalue weighted by molar-refractivity contribution is -0.137. The first-order valence-electron chi connectivity index (χ1n) is 7.33. The molecular formula is C16H19N3O5. The van der Waals surface area contributed by atoms with Gasteiger partial charge in [-0.3, -0.25) is 9.59 Å². The SMILES string of the molecule is COc1cccc(-c2nc(C(=O)NC(C)(C)CCC(=O)O)no2)c1. The van der Waals surface area contributed by atoms with Crippen molar-refractivity contribution in [1.82, 2.24) is 15.5 Å². The van der Waals surface area contributed by atoms with Crippen molar-refractivity contribution in [1.29, 1.82) is 0 Å². The first-order chi connectivity index (χ1) is 11.3. The summed E-state index contributed by atoms with van der Waals surface area (Å²) in [4.78, 5) is 26.9. The molecule has 1 amide bonds. The molecule has 8 heteroatoms. The zero-order chi connectivity index (χ0) is 17.7. The van der Waals surface area contributed by atoms with E-state index < -0.39 is 17.4 Å². The molecule has 0 saturated heterocycles. The number of carboxylic acids is 1. The molecule has 0 atom stereocenters. The molecule has 0 fully saturated rings. The number of carboxylic acid groups (broad SMARTS) is 1. The van der Waals surface area contributed by atoms with E-state index in [1.165, 1.54) is 0 Å². The average molecular weight is 333 g/mol. The number of hydrogen-bond donors (Lipinski definition) is 2. The summed E-state index contributed by atoms with van der Waals surface area (Å²) >= 11 is 0. The van der Waals surface area contributed by atoms with Crippen LogP contribution in [0.15, 0.2) is 28.8 Å². The molecule has 0 unspecified atom stereocenters. The zero-order valence-corrected chi connectivity index (χ0v) is 13.7. The number of rotatable bonds is 7. The Balaban J connectivity index is 2.09. The molecule has 0 aliphatic rings. The number of nitrogens with one attached hydrogen (secondary N) is 1. The van der Waals surface area contributed by atoms with Crippen molar-refractivity contribution in [3.8, 4) is 17.2 Å². The number of amides is 1. The van der Waals surface area contributed by atoms with Gasteiger partial charge in [0.1, 0.15) is 5.75 Å². The number of aromatic nitrogens is 2. The second-order valence-corrected chi connectivity index (χ2v) is 5.89. The maximum Gasteiger partial charge on any atom is 0.303 e. The Morgan fingerprint density at radius 1 is 1.38 bits per heavy atom. The Labute approximate surface area is 138 Å². The molecule has 1 heterocycles. The fourth-order valence-corrected chi connectivity index (χ4v) is 2.03. The molecule has 1 aromatic carbocycles. The van der Waals surface area contributed by atoms with E-state index in [4.69, 9.17) is 14.4 Å². The third kappa shape index (κ3) is 4.55. The van der Waals surface area contributed by atoms with E-state index in [1.807, 2.05) is 0 Å². The number of benzene rings is 1. The Morgan fingerprint density at radius 3 is 2.79 bits per heavy atom. The molecule has 0 bridgehead atoms. The van der Waals surface area contributed by atoms with Gasteiger partial charge in [-0.05, 0) is 38.5 Å². The van der Waals surface area contributed by atoms with Crippen LogP contribution in [0, 0.1) is 0 Å². The van der Waals surface area contributed by atoms with Gasteiger partial charge in [0.05, 0.1) is 7.11 Å². The first kappa shape index (κ1) is 17.5. The van der Waals surface area contributed by atoms with Crippen LogP contribution >= 0.6 is 0 Å². The second-order valence-electron chi connectivity index (χ2n) is 5.89. The Hall–Kier alpha value is -2.90. The van der Waals surface area contributed by atoms with Gasteiger partial charge >= 0.3 is 5.97 Å². The number of carbonyl (C=O) groups is 2. The highest BCUT2D eigenvalue weighted by molar-refractivity contribution is 5.91. The van der Waals surface area contributed by atoms with Crippen molar-refractivity contribution < 1.29 is 24.0 Å². The Kier molecular flexibility index (Phi) is 5.18. The minimum absolute atomic E-state index is 0.0470. The molecular weight excluding hydrogens is 314 g/mol. The van der Waals surface area contributed by atoms with Crippen molar-refractivity contribution in [2.75, 3.05) is 7.11 Å². The van der Waals surface area contributed by atoms with Gasteiger partial charge in [-0.2, -0.15) is 4.98 Å². The summed E-state index contributed by atoms with van der Waals surface area (Å²) in [6.45, 7) is 3.47. The van der Waals surface area contributed by atoms with Crippen LogP contribution < -0.4 is 10.1 Å². The van der Waals surface area contributed by atoms with Crippen LogP contribution in [0.5, 0.6) is 5.75 Å². The largest absolute Gasteiger partial charge is 0.497 e. The van der Waals surface area contributed by atoms with E-state index in [0.29, 0.717) is 11.3 Å². The number of carbonyl (C=O) groups excluding carboxylic acids is 1. The molecule has 128 valence electrons. The van der Waals surface area contributed by atoms with E-state index in [0.717, 1.165) is 0 Å². The van der Waals surface area contributed by atoms with Crippen LogP contribution in [0.1, 0.15) is 37.3 Å². The van der Waals surface area contributed by atoms with E-state index >= 15 is 0 Å². The summed E-state index contributed by atoms with van der Waals surface area (Å²) in [5.41, 5.74) is -0.0716. The van der Waals surface area contributed by atoms with E-state index in [1.54, 1.807) is 45.2 Å². The number of nitrogens with zero attached hydrogens (tertiary/aromatic N) is 2. The highest BCUT2D eigenvalue weighted by atomic mass is 16.5. The molecule has 1 aromatic heterocycles. The topological polar surface area (TPSA) is 115 Å². The minimum Gasteiger partial charge on any atom is -0.497 e. The van der Waals surface area contributed by atoms with Gasteiger partial charge in [-0.25, -0.2) is 0 Å². The maximum absolute atomic E-state index is 12.2. The van der Waals surface area contributed by atoms with Crippen molar-refractivity contribution >= 4 is 11.9 Å². The van der Waals surface area contributed by atoms with Crippen molar-refractivity contribution in [3.63, 3.8) is 0 Å². The number of hydrogen-bond acceptors (Lipinski definition) is 6. The van der Waals surface area contributed by atoms with Crippen LogP contribution in [-0.2, 0) is 4.79 Å². The van der Waals surface area contributed by atoms with E-state index in [-0.39, 0.29) is 24.6 Å². The lowest BCUT2D eigenvalue weighted by atomic mass is 9.98. The number of aliphatic carboxylic acids is 1. The van der Waals surface area contributed by atoms with Crippen LogP contribution in [-0.4, -0.2) is 39.8 Å². The smallest absolute Gasteiger partial charge is 0.303 e. The molecule has 2 N–H and O–H groups in total. The fourth-order valence-electron chi connectivity index (χ4n) is 2.03. The Bertz CT molecular complexity index is 739. The van der Waals surface area contributed by atoms with Crippen molar-refractivity contribution in [3.05, 3.63) is 30.1 Å².